The minimum atomic E-state index is -3.68. The van der Waals surface area contributed by atoms with Crippen molar-refractivity contribution in [3.8, 4) is 5.75 Å². The van der Waals surface area contributed by atoms with E-state index in [1.807, 2.05) is 56.3 Å². The molecule has 1 aliphatic rings. The van der Waals surface area contributed by atoms with Gasteiger partial charge in [-0.1, -0.05) is 18.2 Å². The third-order valence-corrected chi connectivity index (χ3v) is 8.33. The summed E-state index contributed by atoms with van der Waals surface area (Å²) in [5.41, 5.74) is 5.39. The van der Waals surface area contributed by atoms with Crippen LogP contribution in [0.4, 0.5) is 32.3 Å². The molecule has 11 nitrogen and oxygen atoms in total. The number of piperazine rings is 1. The van der Waals surface area contributed by atoms with Gasteiger partial charge in [0, 0.05) is 43.2 Å². The van der Waals surface area contributed by atoms with E-state index in [4.69, 9.17) is 9.26 Å². The lowest BCUT2D eigenvalue weighted by Crippen LogP contribution is -2.50. The number of nitrogens with zero attached hydrogens (tertiary/aromatic N) is 2. The quantitative estimate of drug-likeness (QED) is 0.222. The Hall–Kier alpha value is -4.05. The molecular formula is C30H38N5O6P. The Morgan fingerprint density at radius 3 is 2.26 bits per heavy atom. The first-order chi connectivity index (χ1) is 20.1. The number of amides is 4. The summed E-state index contributed by atoms with van der Waals surface area (Å²) in [6.07, 6.45) is -0.0786. The lowest BCUT2D eigenvalue weighted by Gasteiger charge is -2.36. The van der Waals surface area contributed by atoms with Gasteiger partial charge in [-0.3, -0.25) is 4.57 Å². The molecule has 4 N–H and O–H groups in total. The van der Waals surface area contributed by atoms with Crippen LogP contribution in [0.5, 0.6) is 5.75 Å². The molecule has 12 heteroatoms. The van der Waals surface area contributed by atoms with Gasteiger partial charge in [0.15, 0.2) is 0 Å². The topological polar surface area (TPSA) is 132 Å². The van der Waals surface area contributed by atoms with Crippen LogP contribution in [-0.2, 0) is 15.3 Å². The van der Waals surface area contributed by atoms with Crippen molar-refractivity contribution in [2.45, 2.75) is 26.9 Å². The van der Waals surface area contributed by atoms with Crippen LogP contribution in [0.25, 0.3) is 0 Å². The second-order valence-electron chi connectivity index (χ2n) is 10.1. The van der Waals surface area contributed by atoms with Crippen molar-refractivity contribution in [3.63, 3.8) is 0 Å². The normalized spacial score (nSPS) is 14.6. The first-order valence-corrected chi connectivity index (χ1v) is 15.5. The fourth-order valence-electron chi connectivity index (χ4n) is 4.76. The summed E-state index contributed by atoms with van der Waals surface area (Å²) in [6, 6.07) is 17.9. The number of hydrogen-bond acceptors (Lipinski definition) is 6. The molecule has 0 radical (unpaired) electrons. The van der Waals surface area contributed by atoms with Gasteiger partial charge in [0.1, 0.15) is 5.75 Å². The predicted octanol–water partition coefficient (Wildman–Crippen LogP) is 6.03. The molecule has 3 aromatic carbocycles. The Labute approximate surface area is 246 Å². The molecule has 0 aromatic heterocycles. The highest BCUT2D eigenvalue weighted by Crippen LogP contribution is 2.45. The first kappa shape index (κ1) is 30.9. The average molecular weight is 596 g/mol. The summed E-state index contributed by atoms with van der Waals surface area (Å²) in [5.74, 6) is 0.584. The summed E-state index contributed by atoms with van der Waals surface area (Å²) < 4.78 is 22.3. The van der Waals surface area contributed by atoms with Gasteiger partial charge < -0.3 is 39.9 Å². The molecule has 42 heavy (non-hydrogen) atoms. The third-order valence-electron chi connectivity index (χ3n) is 6.91. The molecule has 0 aliphatic carbocycles. The second kappa shape index (κ2) is 13.7. The number of ether oxygens (including phenoxy) is 1. The maximum atomic E-state index is 12.9. The van der Waals surface area contributed by atoms with E-state index in [-0.39, 0.29) is 24.8 Å². The number of urea groups is 2. The summed E-state index contributed by atoms with van der Waals surface area (Å²) in [6.45, 7) is 8.05. The second-order valence-corrected chi connectivity index (χ2v) is 11.9. The molecule has 1 saturated heterocycles. The minimum absolute atomic E-state index is 0.0786. The van der Waals surface area contributed by atoms with Crippen LogP contribution >= 0.6 is 7.60 Å². The van der Waals surface area contributed by atoms with Gasteiger partial charge in [0.05, 0.1) is 25.6 Å². The van der Waals surface area contributed by atoms with Gasteiger partial charge in [-0.15, -0.1) is 0 Å². The number of carbonyl (C=O) groups excluding carboxylic acids is 2. The molecule has 3 aromatic rings. The SMILES string of the molecule is CCOP(=O)(O)Cc1ccc(NC(=O)N2CCN(c3ccc(NC(=O)Nc4cc(C)ccc4OC)cc3)CC2)c(C)c1. The van der Waals surface area contributed by atoms with Gasteiger partial charge in [-0.05, 0) is 79.9 Å². The van der Waals surface area contributed by atoms with Crippen molar-refractivity contribution in [2.75, 3.05) is 60.7 Å². The Morgan fingerprint density at radius 1 is 0.905 bits per heavy atom. The van der Waals surface area contributed by atoms with E-state index in [0.717, 1.165) is 16.8 Å². The van der Waals surface area contributed by atoms with Crippen molar-refractivity contribution in [1.29, 1.82) is 0 Å². The van der Waals surface area contributed by atoms with Gasteiger partial charge in [0.25, 0.3) is 0 Å². The monoisotopic (exact) mass is 595 g/mol. The Kier molecular flexibility index (Phi) is 10.1. The highest BCUT2D eigenvalue weighted by molar-refractivity contribution is 7.51. The fourth-order valence-corrected chi connectivity index (χ4v) is 5.92. The Morgan fingerprint density at radius 2 is 1.62 bits per heavy atom. The molecular weight excluding hydrogens is 557 g/mol. The van der Waals surface area contributed by atoms with Gasteiger partial charge in [-0.25, -0.2) is 9.59 Å². The predicted molar refractivity (Wildman–Crippen MR) is 166 cm³/mol. The van der Waals surface area contributed by atoms with Gasteiger partial charge in [0.2, 0.25) is 0 Å². The van der Waals surface area contributed by atoms with E-state index in [1.165, 1.54) is 0 Å². The van der Waals surface area contributed by atoms with Crippen molar-refractivity contribution in [1.82, 2.24) is 4.90 Å². The largest absolute Gasteiger partial charge is 0.495 e. The highest BCUT2D eigenvalue weighted by atomic mass is 31.2. The number of benzene rings is 3. The number of hydrogen-bond donors (Lipinski definition) is 4. The lowest BCUT2D eigenvalue weighted by molar-refractivity contribution is 0.208. The van der Waals surface area contributed by atoms with Crippen molar-refractivity contribution in [3.05, 3.63) is 77.4 Å². The molecule has 1 heterocycles. The maximum Gasteiger partial charge on any atom is 0.332 e. The standard InChI is InChI=1S/C30H38N5O6P/c1-5-41-42(38,39)20-23-7-12-26(22(3)19-23)33-30(37)35-16-14-34(15-17-35)25-10-8-24(9-11-25)31-29(36)32-27-18-21(2)6-13-28(27)40-4/h6-13,18-19H,5,14-17,20H2,1-4H3,(H,33,37)(H,38,39)(H2,31,32,36). The third kappa shape index (κ3) is 8.25. The van der Waals surface area contributed by atoms with Gasteiger partial charge in [-0.2, -0.15) is 0 Å². The zero-order valence-corrected chi connectivity index (χ0v) is 25.2. The highest BCUT2D eigenvalue weighted by Gasteiger charge is 2.23. The van der Waals surface area contributed by atoms with Crippen LogP contribution in [0.1, 0.15) is 23.6 Å². The van der Waals surface area contributed by atoms with E-state index in [2.05, 4.69) is 20.9 Å². The molecule has 0 saturated carbocycles. The molecule has 4 rings (SSSR count). The number of anilines is 4. The number of carbonyl (C=O) groups is 2. The summed E-state index contributed by atoms with van der Waals surface area (Å²) in [7, 11) is -2.12. The maximum absolute atomic E-state index is 12.9. The van der Waals surface area contributed by atoms with Crippen LogP contribution < -0.4 is 25.6 Å². The van der Waals surface area contributed by atoms with E-state index in [0.29, 0.717) is 54.6 Å². The fraction of sp³-hybridized carbons (Fsp3) is 0.333. The average Bonchev–Trinajstić information content (AvgIpc) is 2.95. The van der Waals surface area contributed by atoms with Crippen LogP contribution in [0.3, 0.4) is 0 Å². The molecule has 0 spiro atoms. The Balaban J connectivity index is 1.26. The number of aryl methyl sites for hydroxylation is 2. The van der Waals surface area contributed by atoms with E-state index in [9.17, 15) is 19.0 Å². The van der Waals surface area contributed by atoms with E-state index < -0.39 is 7.60 Å². The van der Waals surface area contributed by atoms with Crippen LogP contribution in [0.15, 0.2) is 60.7 Å². The number of rotatable bonds is 9. The van der Waals surface area contributed by atoms with Crippen molar-refractivity contribution in [2.24, 2.45) is 0 Å². The summed E-state index contributed by atoms with van der Waals surface area (Å²) >= 11 is 0. The summed E-state index contributed by atoms with van der Waals surface area (Å²) in [4.78, 5) is 39.3. The zero-order chi connectivity index (χ0) is 30.3. The molecule has 1 aliphatic heterocycles. The smallest absolute Gasteiger partial charge is 0.332 e. The van der Waals surface area contributed by atoms with E-state index >= 15 is 0 Å². The molecule has 1 unspecified atom stereocenters. The van der Waals surface area contributed by atoms with Crippen LogP contribution in [-0.4, -0.2) is 61.8 Å². The van der Waals surface area contributed by atoms with Crippen molar-refractivity contribution < 1.29 is 28.3 Å². The summed E-state index contributed by atoms with van der Waals surface area (Å²) in [5, 5.41) is 8.62. The molecule has 1 fully saturated rings. The van der Waals surface area contributed by atoms with E-state index in [1.54, 1.807) is 37.1 Å². The molecule has 224 valence electrons. The lowest BCUT2D eigenvalue weighted by atomic mass is 10.1. The molecule has 1 atom stereocenters. The van der Waals surface area contributed by atoms with Crippen LogP contribution in [0.2, 0.25) is 0 Å². The number of methoxy groups -OCH3 is 1. The van der Waals surface area contributed by atoms with Crippen molar-refractivity contribution >= 4 is 42.4 Å². The minimum Gasteiger partial charge on any atom is -0.495 e. The Bertz CT molecular complexity index is 1460. The molecule has 4 amide bonds. The number of nitrogens with one attached hydrogen (secondary N) is 3. The molecule has 0 bridgehead atoms. The zero-order valence-electron chi connectivity index (χ0n) is 24.3. The van der Waals surface area contributed by atoms with Crippen LogP contribution in [0, 0.1) is 13.8 Å². The first-order valence-electron chi connectivity index (χ1n) is 13.8. The van der Waals surface area contributed by atoms with Gasteiger partial charge >= 0.3 is 19.7 Å².